The minimum absolute atomic E-state index is 0.968. The van der Waals surface area contributed by atoms with E-state index in [1.807, 2.05) is 0 Å². The summed E-state index contributed by atoms with van der Waals surface area (Å²) in [6.45, 7) is 3.74. The summed E-state index contributed by atoms with van der Waals surface area (Å²) < 4.78 is 1.31. The second-order valence-corrected chi connectivity index (χ2v) is 5.10. The van der Waals surface area contributed by atoms with Gasteiger partial charge in [0.1, 0.15) is 0 Å². The van der Waals surface area contributed by atoms with Crippen molar-refractivity contribution in [3.8, 4) is 0 Å². The molecular weight excluding hydrogens is 285 g/mol. The van der Waals surface area contributed by atoms with Crippen molar-refractivity contribution < 1.29 is 0 Å². The van der Waals surface area contributed by atoms with E-state index in [1.165, 1.54) is 29.5 Å². The Kier molecular flexibility index (Phi) is 3.81. The number of likely N-dealkylation sites (tertiary alicyclic amines) is 1. The van der Waals surface area contributed by atoms with Crippen LogP contribution < -0.4 is 0 Å². The van der Waals surface area contributed by atoms with E-state index in [0.29, 0.717) is 0 Å². The number of benzene rings is 1. The average molecular weight is 301 g/mol. The smallest absolute Gasteiger partial charge is 0.0233 e. The monoisotopic (exact) mass is 301 g/mol. The molecule has 0 spiro atoms. The first-order chi connectivity index (χ1) is 6.88. The minimum Gasteiger partial charge on any atom is -0.298 e. The summed E-state index contributed by atoms with van der Waals surface area (Å²) in [7, 11) is 0. The van der Waals surface area contributed by atoms with Crippen LogP contribution in [-0.2, 0) is 6.54 Å². The first-order valence-corrected chi connectivity index (χ1v) is 6.73. The fourth-order valence-electron chi connectivity index (χ4n) is 1.98. The number of rotatable bonds is 4. The Balaban J connectivity index is 1.74. The van der Waals surface area contributed by atoms with E-state index in [4.69, 9.17) is 0 Å². The van der Waals surface area contributed by atoms with Gasteiger partial charge in [-0.3, -0.25) is 4.90 Å². The maximum atomic E-state index is 2.53. The van der Waals surface area contributed by atoms with E-state index in [1.54, 1.807) is 0 Å². The topological polar surface area (TPSA) is 3.24 Å². The van der Waals surface area contributed by atoms with E-state index in [9.17, 15) is 0 Å². The van der Waals surface area contributed by atoms with Crippen molar-refractivity contribution in [3.05, 3.63) is 35.9 Å². The molecule has 0 unspecified atom stereocenters. The van der Waals surface area contributed by atoms with Gasteiger partial charge >= 0.3 is 0 Å². The summed E-state index contributed by atoms with van der Waals surface area (Å²) in [6, 6.07) is 10.8. The third kappa shape index (κ3) is 2.70. The van der Waals surface area contributed by atoms with Crippen molar-refractivity contribution in [3.63, 3.8) is 0 Å². The van der Waals surface area contributed by atoms with Gasteiger partial charge in [0.2, 0.25) is 0 Å². The van der Waals surface area contributed by atoms with E-state index in [-0.39, 0.29) is 0 Å². The molecule has 2 heteroatoms. The van der Waals surface area contributed by atoms with Crippen molar-refractivity contribution in [2.24, 2.45) is 5.92 Å². The van der Waals surface area contributed by atoms with Crippen LogP contribution in [0.5, 0.6) is 0 Å². The van der Waals surface area contributed by atoms with Gasteiger partial charge in [-0.2, -0.15) is 0 Å². The highest BCUT2D eigenvalue weighted by Crippen LogP contribution is 2.21. The predicted molar refractivity (Wildman–Crippen MR) is 68.7 cm³/mol. The van der Waals surface area contributed by atoms with Crippen molar-refractivity contribution in [1.82, 2.24) is 4.90 Å². The molecule has 1 fully saturated rings. The Morgan fingerprint density at radius 3 is 2.57 bits per heavy atom. The second-order valence-electron chi connectivity index (χ2n) is 4.02. The van der Waals surface area contributed by atoms with Gasteiger partial charge in [-0.05, 0) is 22.3 Å². The van der Waals surface area contributed by atoms with Gasteiger partial charge in [0.25, 0.3) is 0 Å². The van der Waals surface area contributed by atoms with Crippen LogP contribution in [0.25, 0.3) is 0 Å². The van der Waals surface area contributed by atoms with Crippen LogP contribution in [0, 0.1) is 5.92 Å². The molecule has 0 N–H and O–H groups in total. The van der Waals surface area contributed by atoms with Crippen LogP contribution in [-0.4, -0.2) is 22.4 Å². The molecule has 1 aliphatic rings. The summed E-state index contributed by atoms with van der Waals surface area (Å²) in [5.41, 5.74) is 1.44. The Hall–Kier alpha value is -0.0900. The molecule has 1 aromatic carbocycles. The van der Waals surface area contributed by atoms with E-state index in [2.05, 4.69) is 57.8 Å². The third-order valence-corrected chi connectivity index (χ3v) is 3.42. The molecule has 1 nitrogen and oxygen atoms in total. The van der Waals surface area contributed by atoms with Crippen LogP contribution in [0.2, 0.25) is 0 Å². The lowest BCUT2D eigenvalue weighted by atomic mass is 9.97. The fraction of sp³-hybridized carbons (Fsp3) is 0.500. The van der Waals surface area contributed by atoms with E-state index in [0.717, 1.165) is 12.5 Å². The minimum atomic E-state index is 0.968. The maximum absolute atomic E-state index is 2.53. The Labute approximate surface area is 99.6 Å². The van der Waals surface area contributed by atoms with Crippen molar-refractivity contribution >= 4 is 22.6 Å². The predicted octanol–water partition coefficient (Wildman–Crippen LogP) is 2.94. The molecule has 1 heterocycles. The number of nitrogens with zero attached hydrogens (tertiary/aromatic N) is 1. The van der Waals surface area contributed by atoms with Crippen LogP contribution >= 0.6 is 22.6 Å². The zero-order chi connectivity index (χ0) is 9.80. The summed E-state index contributed by atoms with van der Waals surface area (Å²) in [6.07, 6.45) is 1.39. The molecule has 0 atom stereocenters. The highest BCUT2D eigenvalue weighted by Gasteiger charge is 2.25. The SMILES string of the molecule is ICCC1CN(Cc2ccccc2)C1. The molecular formula is C12H16IN. The molecule has 0 bridgehead atoms. The zero-order valence-corrected chi connectivity index (χ0v) is 10.5. The third-order valence-electron chi connectivity index (χ3n) is 2.80. The molecule has 0 saturated carbocycles. The summed E-state index contributed by atoms with van der Waals surface area (Å²) >= 11 is 2.47. The van der Waals surface area contributed by atoms with Crippen LogP contribution in [0.1, 0.15) is 12.0 Å². The quantitative estimate of drug-likeness (QED) is 0.610. The molecule has 2 rings (SSSR count). The maximum Gasteiger partial charge on any atom is 0.0233 e. The largest absolute Gasteiger partial charge is 0.298 e. The fourth-order valence-corrected chi connectivity index (χ4v) is 2.87. The normalized spacial score (nSPS) is 18.1. The first-order valence-electron chi connectivity index (χ1n) is 5.20. The van der Waals surface area contributed by atoms with Gasteiger partial charge in [0, 0.05) is 19.6 Å². The number of halogens is 1. The Morgan fingerprint density at radius 2 is 1.93 bits per heavy atom. The van der Waals surface area contributed by atoms with Crippen molar-refractivity contribution in [2.75, 3.05) is 17.5 Å². The Bertz CT molecular complexity index is 267. The van der Waals surface area contributed by atoms with Gasteiger partial charge in [-0.15, -0.1) is 0 Å². The van der Waals surface area contributed by atoms with Gasteiger partial charge in [-0.1, -0.05) is 52.9 Å². The molecule has 0 radical (unpaired) electrons. The summed E-state index contributed by atoms with van der Waals surface area (Å²) in [5, 5.41) is 0. The zero-order valence-electron chi connectivity index (χ0n) is 8.32. The van der Waals surface area contributed by atoms with Crippen LogP contribution in [0.4, 0.5) is 0 Å². The van der Waals surface area contributed by atoms with Gasteiger partial charge in [-0.25, -0.2) is 0 Å². The second kappa shape index (κ2) is 5.12. The molecule has 1 aromatic rings. The average Bonchev–Trinajstić information content (AvgIpc) is 2.16. The summed E-state index contributed by atoms with van der Waals surface area (Å²) in [4.78, 5) is 2.53. The molecule has 0 aromatic heterocycles. The molecule has 1 aliphatic heterocycles. The van der Waals surface area contributed by atoms with Gasteiger partial charge < -0.3 is 0 Å². The molecule has 1 saturated heterocycles. The van der Waals surface area contributed by atoms with Gasteiger partial charge in [0.15, 0.2) is 0 Å². The standard InChI is InChI=1S/C12H16IN/c13-7-6-12-9-14(10-12)8-11-4-2-1-3-5-11/h1-5,12H,6-10H2. The highest BCUT2D eigenvalue weighted by atomic mass is 127. The lowest BCUT2D eigenvalue weighted by molar-refractivity contribution is 0.0911. The van der Waals surface area contributed by atoms with Crippen LogP contribution in [0.15, 0.2) is 30.3 Å². The number of hydrogen-bond acceptors (Lipinski definition) is 1. The number of hydrogen-bond donors (Lipinski definition) is 0. The lowest BCUT2D eigenvalue weighted by Crippen LogP contribution is -2.45. The highest BCUT2D eigenvalue weighted by molar-refractivity contribution is 14.1. The van der Waals surface area contributed by atoms with Crippen LogP contribution in [0.3, 0.4) is 0 Å². The first kappa shape index (κ1) is 10.4. The van der Waals surface area contributed by atoms with Crippen molar-refractivity contribution in [2.45, 2.75) is 13.0 Å². The molecule has 76 valence electrons. The van der Waals surface area contributed by atoms with E-state index < -0.39 is 0 Å². The van der Waals surface area contributed by atoms with Gasteiger partial charge in [0.05, 0.1) is 0 Å². The summed E-state index contributed by atoms with van der Waals surface area (Å²) in [5.74, 6) is 0.968. The van der Waals surface area contributed by atoms with E-state index >= 15 is 0 Å². The Morgan fingerprint density at radius 1 is 1.21 bits per heavy atom. The number of alkyl halides is 1. The molecule has 0 amide bonds. The molecule has 14 heavy (non-hydrogen) atoms. The molecule has 0 aliphatic carbocycles. The lowest BCUT2D eigenvalue weighted by Gasteiger charge is -2.39. The van der Waals surface area contributed by atoms with Crippen molar-refractivity contribution in [1.29, 1.82) is 0 Å².